The monoisotopic (exact) mass is 191 g/mol. The minimum Gasteiger partial charge on any atom is -0.168 e. The molecular formula is C2HBrF3NO. The molecule has 2 nitrogen and oxygen atoms in total. The van der Waals surface area contributed by atoms with Gasteiger partial charge in [0.25, 0.3) is 0 Å². The fourth-order valence-corrected chi connectivity index (χ4v) is 0.0598. The zero-order valence-electron chi connectivity index (χ0n) is 3.44. The van der Waals surface area contributed by atoms with E-state index in [0.717, 1.165) is 0 Å². The van der Waals surface area contributed by atoms with Crippen LogP contribution < -0.4 is 0 Å². The molecule has 0 bridgehead atoms. The molecule has 0 N–H and O–H groups in total. The van der Waals surface area contributed by atoms with Crippen LogP contribution >= 0.6 is 15.9 Å². The lowest BCUT2D eigenvalue weighted by atomic mass is 10.7. The van der Waals surface area contributed by atoms with Crippen molar-refractivity contribution in [2.75, 3.05) is 0 Å². The molecule has 8 heavy (non-hydrogen) atoms. The normalized spacial score (nSPS) is 15.5. The van der Waals surface area contributed by atoms with Gasteiger partial charge in [0.2, 0.25) is 4.95 Å². The number of alkyl halides is 4. The molecule has 0 aromatic rings. The van der Waals surface area contributed by atoms with E-state index in [1.54, 1.807) is 5.18 Å². The van der Waals surface area contributed by atoms with Crippen LogP contribution in [0.25, 0.3) is 0 Å². The van der Waals surface area contributed by atoms with Gasteiger partial charge in [-0.3, -0.25) is 0 Å². The molecule has 0 radical (unpaired) electrons. The lowest BCUT2D eigenvalue weighted by Gasteiger charge is -2.03. The second-order valence-electron chi connectivity index (χ2n) is 0.983. The van der Waals surface area contributed by atoms with Crippen molar-refractivity contribution >= 4 is 15.9 Å². The largest absolute Gasteiger partial charge is 0.424 e. The highest BCUT2D eigenvalue weighted by Crippen LogP contribution is 2.26. The molecule has 0 spiro atoms. The Morgan fingerprint density at radius 3 is 1.88 bits per heavy atom. The van der Waals surface area contributed by atoms with Crippen LogP contribution in [0.2, 0.25) is 0 Å². The van der Waals surface area contributed by atoms with Crippen LogP contribution in [0.5, 0.6) is 0 Å². The molecule has 0 amide bonds. The smallest absolute Gasteiger partial charge is 0.168 e. The molecule has 0 aromatic heterocycles. The van der Waals surface area contributed by atoms with Crippen LogP contribution in [0, 0.1) is 4.91 Å². The Morgan fingerprint density at radius 1 is 1.50 bits per heavy atom. The van der Waals surface area contributed by atoms with E-state index in [9.17, 15) is 13.2 Å². The average molecular weight is 192 g/mol. The van der Waals surface area contributed by atoms with Gasteiger partial charge in [0, 0.05) is 0 Å². The number of nitrogens with zero attached hydrogens (tertiary/aromatic N) is 1. The van der Waals surface area contributed by atoms with Crippen molar-refractivity contribution in [2.24, 2.45) is 5.18 Å². The van der Waals surface area contributed by atoms with Gasteiger partial charge in [-0.1, -0.05) is 0 Å². The third kappa shape index (κ3) is 2.25. The summed E-state index contributed by atoms with van der Waals surface area (Å²) in [5.74, 6) is 0. The summed E-state index contributed by atoms with van der Waals surface area (Å²) in [5, 5.41) is 1.70. The summed E-state index contributed by atoms with van der Waals surface area (Å²) in [6.07, 6.45) is -4.55. The van der Waals surface area contributed by atoms with Crippen molar-refractivity contribution in [1.82, 2.24) is 0 Å². The Hall–Kier alpha value is -0.130. The molecule has 0 fully saturated rings. The lowest BCUT2D eigenvalue weighted by molar-refractivity contribution is -0.125. The van der Waals surface area contributed by atoms with Crippen molar-refractivity contribution < 1.29 is 13.2 Å². The van der Waals surface area contributed by atoms with Gasteiger partial charge in [-0.2, -0.15) is 13.2 Å². The molecule has 0 aliphatic heterocycles. The van der Waals surface area contributed by atoms with Gasteiger partial charge < -0.3 is 0 Å². The Kier molecular flexibility index (Phi) is 2.39. The third-order valence-corrected chi connectivity index (χ3v) is 1.05. The summed E-state index contributed by atoms with van der Waals surface area (Å²) in [7, 11) is 0. The number of halogens is 4. The highest BCUT2D eigenvalue weighted by atomic mass is 79.9. The van der Waals surface area contributed by atoms with Gasteiger partial charge in [-0.25, -0.2) is 0 Å². The maximum Gasteiger partial charge on any atom is 0.424 e. The Labute approximate surface area is 51.2 Å². The van der Waals surface area contributed by atoms with Crippen LogP contribution in [0.1, 0.15) is 0 Å². The van der Waals surface area contributed by atoms with Crippen LogP contribution in [-0.2, 0) is 0 Å². The predicted octanol–water partition coefficient (Wildman–Crippen LogP) is 2.04. The molecule has 6 heteroatoms. The summed E-state index contributed by atoms with van der Waals surface area (Å²) >= 11 is 1.99. The molecule has 48 valence electrons. The highest BCUT2D eigenvalue weighted by molar-refractivity contribution is 9.09. The quantitative estimate of drug-likeness (QED) is 0.355. The van der Waals surface area contributed by atoms with E-state index in [-0.39, 0.29) is 0 Å². The molecule has 0 aliphatic rings. The second kappa shape index (κ2) is 2.43. The molecular weight excluding hydrogens is 191 g/mol. The van der Waals surface area contributed by atoms with Crippen LogP contribution in [0.3, 0.4) is 0 Å². The summed E-state index contributed by atoms with van der Waals surface area (Å²) in [5.41, 5.74) is 0. The van der Waals surface area contributed by atoms with Crippen LogP contribution in [-0.4, -0.2) is 11.1 Å². The van der Waals surface area contributed by atoms with Crippen LogP contribution in [0.15, 0.2) is 5.18 Å². The van der Waals surface area contributed by atoms with Crippen molar-refractivity contribution in [3.8, 4) is 0 Å². The summed E-state index contributed by atoms with van der Waals surface area (Å²) in [6.45, 7) is 0. The molecule has 0 rings (SSSR count). The molecule has 1 unspecified atom stereocenters. The zero-order chi connectivity index (χ0) is 6.78. The van der Waals surface area contributed by atoms with Gasteiger partial charge in [-0.15, -0.1) is 4.91 Å². The minimum absolute atomic E-state index is 1.70. The number of rotatable bonds is 1. The van der Waals surface area contributed by atoms with Crippen molar-refractivity contribution in [3.63, 3.8) is 0 Å². The fourth-order valence-electron chi connectivity index (χ4n) is 0.0598. The van der Waals surface area contributed by atoms with Gasteiger partial charge in [0.15, 0.2) is 0 Å². The Morgan fingerprint density at radius 2 is 1.88 bits per heavy atom. The molecule has 0 aliphatic carbocycles. The first-order valence-electron chi connectivity index (χ1n) is 1.51. The highest BCUT2D eigenvalue weighted by Gasteiger charge is 2.38. The maximum atomic E-state index is 11.1. The van der Waals surface area contributed by atoms with E-state index in [1.165, 1.54) is 0 Å². The van der Waals surface area contributed by atoms with Crippen molar-refractivity contribution in [1.29, 1.82) is 0 Å². The standard InChI is InChI=1S/C2HBrF3NO/c3-1(7-8)2(4,5)6/h1H. The summed E-state index contributed by atoms with van der Waals surface area (Å²) < 4.78 is 33.3. The molecule has 0 saturated heterocycles. The first-order chi connectivity index (χ1) is 3.48. The third-order valence-electron chi connectivity index (χ3n) is 0.363. The summed E-state index contributed by atoms with van der Waals surface area (Å²) in [4.78, 5) is 6.87. The first kappa shape index (κ1) is 7.87. The van der Waals surface area contributed by atoms with E-state index >= 15 is 0 Å². The minimum atomic E-state index is -4.55. The van der Waals surface area contributed by atoms with Gasteiger partial charge in [0.1, 0.15) is 0 Å². The second-order valence-corrected chi connectivity index (χ2v) is 1.85. The van der Waals surface area contributed by atoms with Crippen LogP contribution in [0.4, 0.5) is 13.2 Å². The first-order valence-corrected chi connectivity index (χ1v) is 2.43. The SMILES string of the molecule is O=NC(Br)C(F)(F)F. The summed E-state index contributed by atoms with van der Waals surface area (Å²) in [6, 6.07) is 0. The van der Waals surface area contributed by atoms with Crippen molar-refractivity contribution in [3.05, 3.63) is 4.91 Å². The van der Waals surface area contributed by atoms with E-state index < -0.39 is 11.1 Å². The van der Waals surface area contributed by atoms with E-state index in [4.69, 9.17) is 4.91 Å². The molecule has 0 aromatic carbocycles. The number of hydrogen-bond donors (Lipinski definition) is 0. The predicted molar refractivity (Wildman–Crippen MR) is 24.6 cm³/mol. The molecule has 0 heterocycles. The molecule has 0 saturated carbocycles. The van der Waals surface area contributed by atoms with E-state index in [2.05, 4.69) is 0 Å². The van der Waals surface area contributed by atoms with E-state index in [1.807, 2.05) is 15.9 Å². The maximum absolute atomic E-state index is 11.1. The number of hydrogen-bond acceptors (Lipinski definition) is 2. The molecule has 1 atom stereocenters. The number of nitroso groups, excluding NO2 is 1. The fraction of sp³-hybridized carbons (Fsp3) is 1.00. The average Bonchev–Trinajstić information content (AvgIpc) is 1.62. The van der Waals surface area contributed by atoms with Crippen molar-refractivity contribution in [2.45, 2.75) is 11.1 Å². The van der Waals surface area contributed by atoms with Gasteiger partial charge in [0.05, 0.1) is 0 Å². The lowest BCUT2D eigenvalue weighted by Crippen LogP contribution is -2.19. The topological polar surface area (TPSA) is 29.4 Å². The zero-order valence-corrected chi connectivity index (χ0v) is 5.03. The van der Waals surface area contributed by atoms with Gasteiger partial charge >= 0.3 is 6.18 Å². The van der Waals surface area contributed by atoms with E-state index in [0.29, 0.717) is 0 Å². The Balaban J connectivity index is 3.80. The van der Waals surface area contributed by atoms with Gasteiger partial charge in [-0.05, 0) is 21.1 Å². The Bertz CT molecular complexity index is 91.8.